The molecule has 1 fully saturated rings. The lowest BCUT2D eigenvalue weighted by atomic mass is 9.99. The first-order chi connectivity index (χ1) is 11.9. The molecule has 0 N–H and O–H groups in total. The lowest BCUT2D eigenvalue weighted by Crippen LogP contribution is -2.37. The number of benzene rings is 2. The molecule has 0 amide bonds. The Hall–Kier alpha value is -1.90. The molecule has 1 saturated heterocycles. The molecule has 5 rings (SSSR count). The quantitative estimate of drug-likeness (QED) is 0.593. The summed E-state index contributed by atoms with van der Waals surface area (Å²) in [7, 11) is 0. The summed E-state index contributed by atoms with van der Waals surface area (Å²) in [6.07, 6.45) is 6.40. The smallest absolute Gasteiger partial charge is 0.0349 e. The predicted octanol–water partition coefficient (Wildman–Crippen LogP) is 5.72. The average Bonchev–Trinajstić information content (AvgIpc) is 3.14. The van der Waals surface area contributed by atoms with Crippen LogP contribution in [0, 0.1) is 0 Å². The highest BCUT2D eigenvalue weighted by molar-refractivity contribution is 7.20. The van der Waals surface area contributed by atoms with E-state index in [0.717, 1.165) is 6.54 Å². The predicted molar refractivity (Wildman–Crippen MR) is 103 cm³/mol. The Morgan fingerprint density at radius 1 is 0.958 bits per heavy atom. The van der Waals surface area contributed by atoms with Gasteiger partial charge >= 0.3 is 0 Å². The van der Waals surface area contributed by atoms with Gasteiger partial charge in [-0.2, -0.15) is 0 Å². The van der Waals surface area contributed by atoms with Gasteiger partial charge in [0.05, 0.1) is 0 Å². The minimum Gasteiger partial charge on any atom is -0.289 e. The highest BCUT2D eigenvalue weighted by Gasteiger charge is 2.36. The van der Waals surface area contributed by atoms with Crippen molar-refractivity contribution in [1.29, 1.82) is 0 Å². The molecule has 0 spiro atoms. The van der Waals surface area contributed by atoms with Crippen molar-refractivity contribution in [3.63, 3.8) is 0 Å². The lowest BCUT2D eigenvalue weighted by molar-refractivity contribution is 0.203. The van der Waals surface area contributed by atoms with E-state index >= 15 is 0 Å². The molecule has 0 radical (unpaired) electrons. The molecular formula is C22H21NS. The van der Waals surface area contributed by atoms with E-state index in [1.807, 2.05) is 11.3 Å². The summed E-state index contributed by atoms with van der Waals surface area (Å²) >= 11 is 1.95. The molecule has 24 heavy (non-hydrogen) atoms. The SMILES string of the molecule is C1=C(c2cc3ccccc3s2)CC2CCC1N2Cc1ccccc1. The maximum absolute atomic E-state index is 2.71. The van der Waals surface area contributed by atoms with Gasteiger partial charge in [0.1, 0.15) is 0 Å². The van der Waals surface area contributed by atoms with Crippen molar-refractivity contribution in [2.45, 2.75) is 37.9 Å². The molecule has 2 aliphatic rings. The molecule has 2 aromatic carbocycles. The number of fused-ring (bicyclic) bond motifs is 3. The zero-order valence-corrected chi connectivity index (χ0v) is 14.5. The van der Waals surface area contributed by atoms with Gasteiger partial charge in [-0.15, -0.1) is 11.3 Å². The summed E-state index contributed by atoms with van der Waals surface area (Å²) in [6, 6.07) is 23.4. The fourth-order valence-electron chi connectivity index (χ4n) is 4.28. The lowest BCUT2D eigenvalue weighted by Gasteiger charge is -2.33. The molecule has 2 bridgehead atoms. The summed E-state index contributed by atoms with van der Waals surface area (Å²) in [6.45, 7) is 1.09. The van der Waals surface area contributed by atoms with E-state index in [4.69, 9.17) is 0 Å². The first-order valence-electron chi connectivity index (χ1n) is 8.86. The van der Waals surface area contributed by atoms with Crippen LogP contribution in [0.25, 0.3) is 15.7 Å². The van der Waals surface area contributed by atoms with Crippen LogP contribution in [0.4, 0.5) is 0 Å². The fourth-order valence-corrected chi connectivity index (χ4v) is 5.38. The van der Waals surface area contributed by atoms with Crippen molar-refractivity contribution in [2.24, 2.45) is 0 Å². The normalized spacial score (nSPS) is 23.6. The van der Waals surface area contributed by atoms with E-state index in [1.54, 1.807) is 5.57 Å². The Labute approximate surface area is 147 Å². The molecule has 3 aromatic rings. The van der Waals surface area contributed by atoms with Gasteiger partial charge in [0.15, 0.2) is 0 Å². The van der Waals surface area contributed by atoms with Crippen LogP contribution in [-0.2, 0) is 6.54 Å². The number of thiophene rings is 1. The van der Waals surface area contributed by atoms with Crippen molar-refractivity contribution in [1.82, 2.24) is 4.90 Å². The van der Waals surface area contributed by atoms with E-state index in [9.17, 15) is 0 Å². The molecule has 1 nitrogen and oxygen atoms in total. The van der Waals surface area contributed by atoms with Gasteiger partial charge in [-0.1, -0.05) is 54.6 Å². The highest BCUT2D eigenvalue weighted by Crippen LogP contribution is 2.42. The van der Waals surface area contributed by atoms with Crippen LogP contribution in [0.15, 0.2) is 66.7 Å². The van der Waals surface area contributed by atoms with Crippen LogP contribution in [-0.4, -0.2) is 17.0 Å². The first kappa shape index (κ1) is 14.4. The van der Waals surface area contributed by atoms with E-state index in [-0.39, 0.29) is 0 Å². The number of nitrogens with zero attached hydrogens (tertiary/aromatic N) is 1. The van der Waals surface area contributed by atoms with Crippen molar-refractivity contribution in [3.05, 3.63) is 77.2 Å². The summed E-state index contributed by atoms with van der Waals surface area (Å²) in [4.78, 5) is 4.19. The maximum Gasteiger partial charge on any atom is 0.0349 e. The van der Waals surface area contributed by atoms with E-state index in [2.05, 4.69) is 71.6 Å². The molecule has 2 unspecified atom stereocenters. The second-order valence-corrected chi connectivity index (χ2v) is 8.08. The second kappa shape index (κ2) is 5.87. The molecule has 120 valence electrons. The summed E-state index contributed by atoms with van der Waals surface area (Å²) in [5.41, 5.74) is 3.01. The van der Waals surface area contributed by atoms with Crippen molar-refractivity contribution in [2.75, 3.05) is 0 Å². The monoisotopic (exact) mass is 331 g/mol. The average molecular weight is 331 g/mol. The molecule has 0 aliphatic carbocycles. The third kappa shape index (κ3) is 2.51. The minimum atomic E-state index is 0.615. The fraction of sp³-hybridized carbons (Fsp3) is 0.273. The number of rotatable bonds is 3. The van der Waals surface area contributed by atoms with Crippen molar-refractivity contribution in [3.8, 4) is 0 Å². The van der Waals surface area contributed by atoms with E-state index in [1.165, 1.54) is 39.8 Å². The van der Waals surface area contributed by atoms with Gasteiger partial charge in [-0.25, -0.2) is 0 Å². The van der Waals surface area contributed by atoms with Gasteiger partial charge in [-0.05, 0) is 47.9 Å². The van der Waals surface area contributed by atoms with Gasteiger partial charge in [0.2, 0.25) is 0 Å². The highest BCUT2D eigenvalue weighted by atomic mass is 32.1. The van der Waals surface area contributed by atoms with Crippen LogP contribution >= 0.6 is 11.3 Å². The van der Waals surface area contributed by atoms with Crippen LogP contribution in [0.5, 0.6) is 0 Å². The molecule has 1 aromatic heterocycles. The first-order valence-corrected chi connectivity index (χ1v) is 9.68. The Morgan fingerprint density at radius 2 is 1.79 bits per heavy atom. The van der Waals surface area contributed by atoms with E-state index in [0.29, 0.717) is 12.1 Å². The molecule has 2 aliphatic heterocycles. The van der Waals surface area contributed by atoms with Crippen LogP contribution in [0.3, 0.4) is 0 Å². The largest absolute Gasteiger partial charge is 0.289 e. The van der Waals surface area contributed by atoms with Crippen LogP contribution < -0.4 is 0 Å². The zero-order chi connectivity index (χ0) is 15.9. The van der Waals surface area contributed by atoms with Gasteiger partial charge in [-0.3, -0.25) is 4.90 Å². The molecule has 2 atom stereocenters. The summed E-state index contributed by atoms with van der Waals surface area (Å²) in [5.74, 6) is 0. The van der Waals surface area contributed by atoms with Crippen LogP contribution in [0.1, 0.15) is 29.7 Å². The van der Waals surface area contributed by atoms with Gasteiger partial charge in [0.25, 0.3) is 0 Å². The Bertz CT molecular complexity index is 859. The van der Waals surface area contributed by atoms with E-state index < -0.39 is 0 Å². The maximum atomic E-state index is 2.71. The topological polar surface area (TPSA) is 3.24 Å². The van der Waals surface area contributed by atoms with Crippen molar-refractivity contribution >= 4 is 27.0 Å². The molecule has 3 heterocycles. The second-order valence-electron chi connectivity index (χ2n) is 7.00. The van der Waals surface area contributed by atoms with Crippen LogP contribution in [0.2, 0.25) is 0 Å². The Kier molecular flexibility index (Phi) is 3.53. The Balaban J connectivity index is 1.43. The third-order valence-corrected chi connectivity index (χ3v) is 6.68. The summed E-state index contributed by atoms with van der Waals surface area (Å²) < 4.78 is 1.41. The Morgan fingerprint density at radius 3 is 2.62 bits per heavy atom. The standard InChI is InChI=1S/C22H21NS/c1-2-6-16(7-3-1)15-23-19-10-11-20(23)13-18(12-19)22-14-17-8-4-5-9-21(17)24-22/h1-9,12,14,19-20H,10-11,13,15H2. The molecule has 2 heteroatoms. The van der Waals surface area contributed by atoms with Crippen molar-refractivity contribution < 1.29 is 0 Å². The summed E-state index contributed by atoms with van der Waals surface area (Å²) in [5, 5.41) is 1.39. The number of hydrogen-bond donors (Lipinski definition) is 0. The zero-order valence-electron chi connectivity index (χ0n) is 13.7. The van der Waals surface area contributed by atoms with Gasteiger partial charge in [0, 0.05) is 28.2 Å². The van der Waals surface area contributed by atoms with Gasteiger partial charge < -0.3 is 0 Å². The molecular weight excluding hydrogens is 310 g/mol. The molecule has 0 saturated carbocycles. The third-order valence-electron chi connectivity index (χ3n) is 5.49. The minimum absolute atomic E-state index is 0.615. The number of hydrogen-bond acceptors (Lipinski definition) is 2.